The number of hydrogen-bond donors (Lipinski definition) is 2. The number of aliphatic hydroxyl groups excluding tert-OH is 1. The molecule has 2 nitrogen and oxygen atoms in total. The van der Waals surface area contributed by atoms with Crippen molar-refractivity contribution in [2.24, 2.45) is 0 Å². The molecule has 0 heterocycles. The fourth-order valence-corrected chi connectivity index (χ4v) is 5.06. The minimum Gasteiger partial charge on any atom is -0.394 e. The average molecular weight is 257 g/mol. The Balaban J connectivity index is 1.79. The van der Waals surface area contributed by atoms with Crippen LogP contribution in [0.15, 0.2) is 0 Å². The van der Waals surface area contributed by atoms with E-state index in [-0.39, 0.29) is 5.54 Å². The largest absolute Gasteiger partial charge is 0.394 e. The lowest BCUT2D eigenvalue weighted by Gasteiger charge is -2.29. The average Bonchev–Trinajstić information content (AvgIpc) is 2.98. The molecule has 2 fully saturated rings. The Kier molecular flexibility index (Phi) is 5.19. The lowest BCUT2D eigenvalue weighted by Crippen LogP contribution is -2.46. The van der Waals surface area contributed by atoms with Crippen LogP contribution < -0.4 is 5.32 Å². The molecular weight excluding hydrogens is 230 g/mol. The third kappa shape index (κ3) is 3.62. The van der Waals surface area contributed by atoms with Crippen LogP contribution in [0.25, 0.3) is 0 Å². The molecule has 2 atom stereocenters. The summed E-state index contributed by atoms with van der Waals surface area (Å²) in [6.45, 7) is 3.55. The smallest absolute Gasteiger partial charge is 0.0613 e. The maximum Gasteiger partial charge on any atom is 0.0613 e. The Morgan fingerprint density at radius 2 is 2.00 bits per heavy atom. The Morgan fingerprint density at radius 3 is 2.65 bits per heavy atom. The van der Waals surface area contributed by atoms with E-state index in [9.17, 15) is 5.11 Å². The van der Waals surface area contributed by atoms with Crippen molar-refractivity contribution in [1.82, 2.24) is 5.32 Å². The summed E-state index contributed by atoms with van der Waals surface area (Å²) in [7, 11) is 0. The van der Waals surface area contributed by atoms with Crippen molar-refractivity contribution >= 4 is 11.8 Å². The molecule has 0 radical (unpaired) electrons. The SMILES string of the molecule is CCCNC1(CO)CCC(SC2CCCC2)C1. The van der Waals surface area contributed by atoms with Crippen molar-refractivity contribution in [2.45, 2.75) is 74.3 Å². The zero-order chi connectivity index (χ0) is 12.1. The van der Waals surface area contributed by atoms with Gasteiger partial charge < -0.3 is 10.4 Å². The highest BCUT2D eigenvalue weighted by Crippen LogP contribution is 2.42. The summed E-state index contributed by atoms with van der Waals surface area (Å²) >= 11 is 2.21. The van der Waals surface area contributed by atoms with E-state index < -0.39 is 0 Å². The molecule has 100 valence electrons. The summed E-state index contributed by atoms with van der Waals surface area (Å²) in [5, 5.41) is 14.9. The van der Waals surface area contributed by atoms with E-state index in [0.29, 0.717) is 6.61 Å². The second kappa shape index (κ2) is 6.44. The summed E-state index contributed by atoms with van der Waals surface area (Å²) in [6, 6.07) is 0. The first-order valence-corrected chi connectivity index (χ1v) is 8.23. The van der Waals surface area contributed by atoms with E-state index >= 15 is 0 Å². The highest BCUT2D eigenvalue weighted by molar-refractivity contribution is 8.00. The summed E-state index contributed by atoms with van der Waals surface area (Å²) < 4.78 is 0. The van der Waals surface area contributed by atoms with Gasteiger partial charge in [0.05, 0.1) is 6.61 Å². The van der Waals surface area contributed by atoms with Gasteiger partial charge in [0.1, 0.15) is 0 Å². The molecule has 17 heavy (non-hydrogen) atoms. The predicted octanol–water partition coefficient (Wildman–Crippen LogP) is 2.95. The van der Waals surface area contributed by atoms with Crippen molar-refractivity contribution in [3.63, 3.8) is 0 Å². The van der Waals surface area contributed by atoms with Crippen molar-refractivity contribution in [3.05, 3.63) is 0 Å². The van der Waals surface area contributed by atoms with Gasteiger partial charge in [-0.2, -0.15) is 11.8 Å². The van der Waals surface area contributed by atoms with Gasteiger partial charge in [-0.05, 0) is 45.1 Å². The number of thioether (sulfide) groups is 1. The first kappa shape index (κ1) is 13.7. The number of nitrogens with one attached hydrogen (secondary N) is 1. The first-order valence-electron chi connectivity index (χ1n) is 7.29. The van der Waals surface area contributed by atoms with Gasteiger partial charge >= 0.3 is 0 Å². The van der Waals surface area contributed by atoms with E-state index in [2.05, 4.69) is 24.0 Å². The monoisotopic (exact) mass is 257 g/mol. The number of aliphatic hydroxyl groups is 1. The summed E-state index contributed by atoms with van der Waals surface area (Å²) in [6.07, 6.45) is 10.5. The molecule has 0 saturated heterocycles. The Hall–Kier alpha value is 0.270. The molecule has 2 aliphatic rings. The van der Waals surface area contributed by atoms with Crippen LogP contribution in [0, 0.1) is 0 Å². The summed E-state index contributed by atoms with van der Waals surface area (Å²) in [5.74, 6) is 0. The van der Waals surface area contributed by atoms with Gasteiger partial charge in [0.25, 0.3) is 0 Å². The predicted molar refractivity (Wildman–Crippen MR) is 75.6 cm³/mol. The van der Waals surface area contributed by atoms with Crippen LogP contribution in [0.5, 0.6) is 0 Å². The van der Waals surface area contributed by atoms with Gasteiger partial charge in [-0.1, -0.05) is 19.8 Å². The van der Waals surface area contributed by atoms with Crippen molar-refractivity contribution in [3.8, 4) is 0 Å². The minimum atomic E-state index is 0.0479. The lowest BCUT2D eigenvalue weighted by molar-refractivity contribution is 0.165. The Labute approximate surface area is 110 Å². The molecule has 0 spiro atoms. The van der Waals surface area contributed by atoms with Gasteiger partial charge in [0.15, 0.2) is 0 Å². The van der Waals surface area contributed by atoms with E-state index in [0.717, 1.165) is 29.9 Å². The maximum atomic E-state index is 9.65. The topological polar surface area (TPSA) is 32.3 Å². The van der Waals surface area contributed by atoms with Crippen LogP contribution in [0.3, 0.4) is 0 Å². The Morgan fingerprint density at radius 1 is 1.24 bits per heavy atom. The van der Waals surface area contributed by atoms with Gasteiger partial charge in [0, 0.05) is 16.0 Å². The number of rotatable bonds is 6. The van der Waals surface area contributed by atoms with Gasteiger partial charge in [-0.3, -0.25) is 0 Å². The van der Waals surface area contributed by atoms with E-state index in [4.69, 9.17) is 0 Å². The second-order valence-electron chi connectivity index (χ2n) is 5.77. The molecule has 2 aliphatic carbocycles. The lowest BCUT2D eigenvalue weighted by atomic mass is 9.99. The molecule has 0 aromatic rings. The molecule has 2 N–H and O–H groups in total. The highest BCUT2D eigenvalue weighted by atomic mass is 32.2. The molecule has 2 saturated carbocycles. The quantitative estimate of drug-likeness (QED) is 0.767. The molecule has 2 unspecified atom stereocenters. The first-order chi connectivity index (χ1) is 8.28. The number of hydrogen-bond acceptors (Lipinski definition) is 3. The van der Waals surface area contributed by atoms with Crippen LogP contribution in [-0.4, -0.2) is 34.3 Å². The molecule has 2 rings (SSSR count). The molecule has 3 heteroatoms. The van der Waals surface area contributed by atoms with Crippen LogP contribution in [0.2, 0.25) is 0 Å². The second-order valence-corrected chi connectivity index (χ2v) is 7.38. The third-order valence-electron chi connectivity index (χ3n) is 4.30. The fraction of sp³-hybridized carbons (Fsp3) is 1.00. The molecule has 0 amide bonds. The van der Waals surface area contributed by atoms with Crippen LogP contribution in [-0.2, 0) is 0 Å². The third-order valence-corrected chi connectivity index (χ3v) is 5.95. The minimum absolute atomic E-state index is 0.0479. The molecular formula is C14H27NOS. The summed E-state index contributed by atoms with van der Waals surface area (Å²) in [5.41, 5.74) is 0.0479. The molecule has 0 aromatic carbocycles. The standard InChI is InChI=1S/C14H27NOS/c1-2-9-15-14(11-16)8-7-13(10-14)17-12-5-3-4-6-12/h12-13,15-16H,2-11H2,1H3. The zero-order valence-electron chi connectivity index (χ0n) is 11.1. The van der Waals surface area contributed by atoms with Crippen molar-refractivity contribution in [1.29, 1.82) is 0 Å². The highest BCUT2D eigenvalue weighted by Gasteiger charge is 2.39. The van der Waals surface area contributed by atoms with E-state index in [1.54, 1.807) is 0 Å². The maximum absolute atomic E-state index is 9.65. The van der Waals surface area contributed by atoms with Crippen molar-refractivity contribution < 1.29 is 5.11 Å². The summed E-state index contributed by atoms with van der Waals surface area (Å²) in [4.78, 5) is 0. The Bertz CT molecular complexity index is 230. The molecule has 0 aromatic heterocycles. The molecule has 0 aliphatic heterocycles. The van der Waals surface area contributed by atoms with Crippen LogP contribution >= 0.6 is 11.8 Å². The van der Waals surface area contributed by atoms with E-state index in [1.165, 1.54) is 38.5 Å². The van der Waals surface area contributed by atoms with Crippen LogP contribution in [0.1, 0.15) is 58.3 Å². The van der Waals surface area contributed by atoms with Crippen LogP contribution in [0.4, 0.5) is 0 Å². The zero-order valence-corrected chi connectivity index (χ0v) is 11.9. The molecule has 0 bridgehead atoms. The van der Waals surface area contributed by atoms with Gasteiger partial charge in [-0.15, -0.1) is 0 Å². The van der Waals surface area contributed by atoms with Gasteiger partial charge in [0.2, 0.25) is 0 Å². The fourth-order valence-electron chi connectivity index (χ4n) is 3.24. The van der Waals surface area contributed by atoms with Gasteiger partial charge in [-0.25, -0.2) is 0 Å². The van der Waals surface area contributed by atoms with E-state index in [1.807, 2.05) is 0 Å². The normalized spacial score (nSPS) is 34.6. The van der Waals surface area contributed by atoms with Crippen molar-refractivity contribution in [2.75, 3.05) is 13.2 Å².